The van der Waals surface area contributed by atoms with Crippen molar-refractivity contribution in [3.63, 3.8) is 0 Å². The van der Waals surface area contributed by atoms with Gasteiger partial charge in [0.25, 0.3) is 0 Å². The third-order valence-electron chi connectivity index (χ3n) is 3.27. The highest BCUT2D eigenvalue weighted by Crippen LogP contribution is 2.29. The number of aromatic nitrogens is 2. The van der Waals surface area contributed by atoms with Gasteiger partial charge in [0, 0.05) is 26.7 Å². The summed E-state index contributed by atoms with van der Waals surface area (Å²) in [7, 11) is 1.60. The van der Waals surface area contributed by atoms with Crippen LogP contribution in [-0.4, -0.2) is 23.2 Å². The summed E-state index contributed by atoms with van der Waals surface area (Å²) in [6, 6.07) is 13.2. The topological polar surface area (TPSA) is 64.1 Å². The first-order chi connectivity index (χ1) is 12.6. The first-order valence-electron chi connectivity index (χ1n) is 7.51. The summed E-state index contributed by atoms with van der Waals surface area (Å²) in [4.78, 5) is 13.2. The van der Waals surface area contributed by atoms with Crippen molar-refractivity contribution in [2.45, 2.75) is 9.24 Å². The number of carbonyl (C=O) groups is 1. The molecule has 8 heteroatoms. The molecule has 0 aliphatic carbocycles. The minimum Gasteiger partial charge on any atom is -0.496 e. The van der Waals surface area contributed by atoms with E-state index < -0.39 is 0 Å². The van der Waals surface area contributed by atoms with Gasteiger partial charge in [-0.2, -0.15) is 0 Å². The van der Waals surface area contributed by atoms with Crippen molar-refractivity contribution >= 4 is 56.7 Å². The quantitative estimate of drug-likeness (QED) is 0.531. The number of methoxy groups -OCH3 is 1. The molecule has 3 rings (SSSR count). The fourth-order valence-corrected chi connectivity index (χ4v) is 3.93. The second-order valence-electron chi connectivity index (χ2n) is 5.04. The van der Waals surface area contributed by atoms with Gasteiger partial charge < -0.3 is 10.1 Å². The minimum absolute atomic E-state index is 0.212. The number of ether oxygens (including phenoxy) is 1. The Morgan fingerprint density at radius 1 is 1.27 bits per heavy atom. The zero-order valence-corrected chi connectivity index (χ0v) is 16.9. The summed E-state index contributed by atoms with van der Waals surface area (Å²) in [6.45, 7) is 0. The number of nitrogens with one attached hydrogen (secondary N) is 1. The lowest BCUT2D eigenvalue weighted by atomic mass is 10.2. The second-order valence-corrected chi connectivity index (χ2v) is 8.11. The van der Waals surface area contributed by atoms with Crippen LogP contribution >= 0.6 is 39.0 Å². The number of benzene rings is 2. The molecular formula is C18H14BrN3O2S2. The van der Waals surface area contributed by atoms with Crippen LogP contribution in [0.2, 0.25) is 0 Å². The van der Waals surface area contributed by atoms with Crippen molar-refractivity contribution in [3.05, 3.63) is 64.1 Å². The highest BCUT2D eigenvalue weighted by molar-refractivity contribution is 9.10. The van der Waals surface area contributed by atoms with E-state index in [9.17, 15) is 4.79 Å². The van der Waals surface area contributed by atoms with Crippen LogP contribution in [0, 0.1) is 0 Å². The van der Waals surface area contributed by atoms with Gasteiger partial charge in [-0.1, -0.05) is 39.0 Å². The first-order valence-corrected chi connectivity index (χ1v) is 9.99. The Kier molecular flexibility index (Phi) is 6.43. The van der Waals surface area contributed by atoms with Crippen molar-refractivity contribution < 1.29 is 9.53 Å². The Bertz CT molecular complexity index is 913. The Hall–Kier alpha value is -2.16. The minimum atomic E-state index is -0.212. The molecule has 2 aromatic carbocycles. The molecule has 0 saturated carbocycles. The lowest BCUT2D eigenvalue weighted by Crippen LogP contribution is -2.07. The van der Waals surface area contributed by atoms with Crippen LogP contribution < -0.4 is 10.1 Å². The van der Waals surface area contributed by atoms with Crippen LogP contribution in [-0.2, 0) is 4.79 Å². The van der Waals surface area contributed by atoms with Crippen molar-refractivity contribution in [1.82, 2.24) is 10.2 Å². The summed E-state index contributed by atoms with van der Waals surface area (Å²) < 4.78 is 7.09. The SMILES string of the molecule is COc1ccc(Br)cc1/C=C/C(=O)Nc1ccc(Sc2nncs2)cc1. The third kappa shape index (κ3) is 5.17. The van der Waals surface area contributed by atoms with Gasteiger partial charge in [0.15, 0.2) is 4.34 Å². The number of amides is 1. The Morgan fingerprint density at radius 3 is 2.77 bits per heavy atom. The zero-order chi connectivity index (χ0) is 18.4. The molecule has 3 aromatic rings. The molecule has 1 aromatic heterocycles. The van der Waals surface area contributed by atoms with Crippen molar-refractivity contribution in [2.75, 3.05) is 12.4 Å². The molecule has 0 radical (unpaired) electrons. The monoisotopic (exact) mass is 447 g/mol. The molecular weight excluding hydrogens is 434 g/mol. The van der Waals surface area contributed by atoms with Crippen molar-refractivity contribution in [2.24, 2.45) is 0 Å². The largest absolute Gasteiger partial charge is 0.496 e. The summed E-state index contributed by atoms with van der Waals surface area (Å²) in [5, 5.41) is 10.6. The summed E-state index contributed by atoms with van der Waals surface area (Å²) in [5.74, 6) is 0.492. The highest BCUT2D eigenvalue weighted by Gasteiger charge is 2.04. The average molecular weight is 448 g/mol. The molecule has 0 saturated heterocycles. The predicted octanol–water partition coefficient (Wildman–Crippen LogP) is 5.11. The van der Waals surface area contributed by atoms with E-state index in [4.69, 9.17) is 4.74 Å². The van der Waals surface area contributed by atoms with Gasteiger partial charge in [-0.3, -0.25) is 4.79 Å². The Morgan fingerprint density at radius 2 is 2.08 bits per heavy atom. The molecule has 1 amide bonds. The fraction of sp³-hybridized carbons (Fsp3) is 0.0556. The normalized spacial score (nSPS) is 10.8. The fourth-order valence-electron chi connectivity index (χ4n) is 2.10. The zero-order valence-electron chi connectivity index (χ0n) is 13.7. The molecule has 0 aliphatic heterocycles. The molecule has 1 heterocycles. The number of nitrogens with zero attached hydrogens (tertiary/aromatic N) is 2. The number of anilines is 1. The maximum atomic E-state index is 12.1. The van der Waals surface area contributed by atoms with Crippen LogP contribution in [0.4, 0.5) is 5.69 Å². The van der Waals surface area contributed by atoms with Crippen LogP contribution in [0.15, 0.2) is 67.8 Å². The number of halogens is 1. The standard InChI is InChI=1S/C18H14BrN3O2S2/c1-24-16-8-3-13(19)10-12(16)2-9-17(23)21-14-4-6-15(7-5-14)26-18-22-20-11-25-18/h2-11H,1H3,(H,21,23)/b9-2+. The highest BCUT2D eigenvalue weighted by atomic mass is 79.9. The summed E-state index contributed by atoms with van der Waals surface area (Å²) in [5.41, 5.74) is 3.24. The van der Waals surface area contributed by atoms with Crippen molar-refractivity contribution in [1.29, 1.82) is 0 Å². The molecule has 26 heavy (non-hydrogen) atoms. The molecule has 1 N–H and O–H groups in total. The maximum Gasteiger partial charge on any atom is 0.248 e. The van der Waals surface area contributed by atoms with E-state index in [0.29, 0.717) is 5.75 Å². The smallest absolute Gasteiger partial charge is 0.248 e. The van der Waals surface area contributed by atoms with Gasteiger partial charge in [0.2, 0.25) is 5.91 Å². The summed E-state index contributed by atoms with van der Waals surface area (Å²) >= 11 is 6.44. The van der Waals surface area contributed by atoms with Gasteiger partial charge in [-0.15, -0.1) is 10.2 Å². The number of rotatable bonds is 6. The predicted molar refractivity (Wildman–Crippen MR) is 109 cm³/mol. The van der Waals surface area contributed by atoms with Crippen LogP contribution in [0.25, 0.3) is 6.08 Å². The van der Waals surface area contributed by atoms with E-state index in [0.717, 1.165) is 25.0 Å². The average Bonchev–Trinajstić information content (AvgIpc) is 3.15. The second kappa shape index (κ2) is 8.98. The lowest BCUT2D eigenvalue weighted by molar-refractivity contribution is -0.111. The van der Waals surface area contributed by atoms with E-state index >= 15 is 0 Å². The van der Waals surface area contributed by atoms with Crippen LogP contribution in [0.1, 0.15) is 5.56 Å². The Balaban J connectivity index is 1.62. The molecule has 132 valence electrons. The molecule has 5 nitrogen and oxygen atoms in total. The van der Waals surface area contributed by atoms with E-state index in [2.05, 4.69) is 31.4 Å². The lowest BCUT2D eigenvalue weighted by Gasteiger charge is -2.06. The van der Waals surface area contributed by atoms with E-state index in [1.54, 1.807) is 18.7 Å². The summed E-state index contributed by atoms with van der Waals surface area (Å²) in [6.07, 6.45) is 3.20. The Labute approximate surface area is 167 Å². The third-order valence-corrected chi connectivity index (χ3v) is 5.55. The van der Waals surface area contributed by atoms with Gasteiger partial charge >= 0.3 is 0 Å². The molecule has 0 aliphatic rings. The number of hydrogen-bond acceptors (Lipinski definition) is 6. The molecule has 0 atom stereocenters. The van der Waals surface area contributed by atoms with Gasteiger partial charge in [-0.25, -0.2) is 0 Å². The molecule has 0 unspecified atom stereocenters. The van der Waals surface area contributed by atoms with E-state index in [-0.39, 0.29) is 5.91 Å². The van der Waals surface area contributed by atoms with E-state index in [1.165, 1.54) is 29.2 Å². The molecule has 0 fully saturated rings. The van der Waals surface area contributed by atoms with Crippen LogP contribution in [0.5, 0.6) is 5.75 Å². The maximum absolute atomic E-state index is 12.1. The number of hydrogen-bond donors (Lipinski definition) is 1. The van der Waals surface area contributed by atoms with Crippen LogP contribution in [0.3, 0.4) is 0 Å². The van der Waals surface area contributed by atoms with Gasteiger partial charge in [0.1, 0.15) is 11.3 Å². The van der Waals surface area contributed by atoms with Gasteiger partial charge in [0.05, 0.1) is 7.11 Å². The van der Waals surface area contributed by atoms with Gasteiger partial charge in [-0.05, 0) is 48.5 Å². The van der Waals surface area contributed by atoms with E-state index in [1.807, 2.05) is 42.5 Å². The number of carbonyl (C=O) groups excluding carboxylic acids is 1. The molecule has 0 bridgehead atoms. The molecule has 0 spiro atoms. The first kappa shape index (κ1) is 18.6. The van der Waals surface area contributed by atoms with Crippen molar-refractivity contribution in [3.8, 4) is 5.75 Å².